The zero-order chi connectivity index (χ0) is 37.1. The maximum atomic E-state index is 12.3. The third-order valence-corrected chi connectivity index (χ3v) is 10.7. The van der Waals surface area contributed by atoms with Crippen molar-refractivity contribution in [2.75, 3.05) is 6.61 Å². The predicted molar refractivity (Wildman–Crippen MR) is 225 cm³/mol. The smallest absolute Gasteiger partial charge is 0.220 e. The lowest BCUT2D eigenvalue weighted by Crippen LogP contribution is -2.45. The largest absolute Gasteiger partial charge is 0.394 e. The third kappa shape index (κ3) is 39.9. The van der Waals surface area contributed by atoms with Gasteiger partial charge in [0.05, 0.1) is 18.8 Å². The van der Waals surface area contributed by atoms with Gasteiger partial charge in [-0.25, -0.2) is 0 Å². The molecule has 302 valence electrons. The van der Waals surface area contributed by atoms with Gasteiger partial charge in [-0.3, -0.25) is 4.79 Å². The van der Waals surface area contributed by atoms with Gasteiger partial charge in [-0.1, -0.05) is 244 Å². The summed E-state index contributed by atoms with van der Waals surface area (Å²) in [4.78, 5) is 12.3. The van der Waals surface area contributed by atoms with Gasteiger partial charge in [-0.2, -0.15) is 0 Å². The van der Waals surface area contributed by atoms with Crippen molar-refractivity contribution in [2.45, 2.75) is 264 Å². The van der Waals surface area contributed by atoms with E-state index < -0.39 is 12.1 Å². The van der Waals surface area contributed by atoms with Gasteiger partial charge in [-0.15, -0.1) is 0 Å². The molecule has 4 heteroatoms. The number of carbonyl (C=O) groups excluding carboxylic acids is 1. The van der Waals surface area contributed by atoms with Gasteiger partial charge in [0.25, 0.3) is 0 Å². The van der Waals surface area contributed by atoms with Crippen LogP contribution in [-0.2, 0) is 4.79 Å². The minimum absolute atomic E-state index is 0.0745. The molecule has 0 aliphatic carbocycles. The number of amides is 1. The second-order valence-corrected chi connectivity index (χ2v) is 15.8. The monoisotopic (exact) mass is 718 g/mol. The fourth-order valence-corrected chi connectivity index (χ4v) is 7.14. The number of hydrogen-bond donors (Lipinski definition) is 3. The number of aliphatic hydroxyl groups is 2. The summed E-state index contributed by atoms with van der Waals surface area (Å²) >= 11 is 0. The fraction of sp³-hybridized carbons (Fsp3) is 0.894. The number of hydrogen-bond acceptors (Lipinski definition) is 3. The lowest BCUT2D eigenvalue weighted by molar-refractivity contribution is -0.123. The summed E-state index contributed by atoms with van der Waals surface area (Å²) in [5.41, 5.74) is 0. The van der Waals surface area contributed by atoms with Crippen LogP contribution in [0.4, 0.5) is 0 Å². The molecule has 2 unspecified atom stereocenters. The molecule has 0 heterocycles. The van der Waals surface area contributed by atoms with Crippen LogP contribution in [0.3, 0.4) is 0 Å². The molecule has 0 aromatic rings. The van der Waals surface area contributed by atoms with Crippen molar-refractivity contribution in [1.82, 2.24) is 5.32 Å². The highest BCUT2D eigenvalue weighted by atomic mass is 16.3. The van der Waals surface area contributed by atoms with Crippen LogP contribution in [0.5, 0.6) is 0 Å². The van der Waals surface area contributed by atoms with Gasteiger partial charge < -0.3 is 15.5 Å². The van der Waals surface area contributed by atoms with Crippen LogP contribution in [0, 0.1) is 0 Å². The second-order valence-electron chi connectivity index (χ2n) is 15.8. The van der Waals surface area contributed by atoms with Crippen molar-refractivity contribution in [3.8, 4) is 0 Å². The standard InChI is InChI=1S/C47H91NO3/c1-3-5-7-9-11-12-13-14-15-16-17-18-19-20-21-22-23-24-25-26-27-28-29-30-31-32-33-34-35-37-39-41-43-47(51)48-45(44-49)46(50)42-40-38-36-10-8-6-4-2/h8,10,40,42,45-46,49-50H,3-7,9,11-39,41,43-44H2,1-2H3,(H,48,51)/b10-8+,42-40+. The van der Waals surface area contributed by atoms with Crippen molar-refractivity contribution >= 4 is 5.91 Å². The molecule has 0 aliphatic rings. The summed E-state index contributed by atoms with van der Waals surface area (Å²) in [6.45, 7) is 4.21. The summed E-state index contributed by atoms with van der Waals surface area (Å²) in [6, 6.07) is -0.632. The summed E-state index contributed by atoms with van der Waals surface area (Å²) in [6.07, 6.45) is 56.3. The van der Waals surface area contributed by atoms with E-state index in [0.29, 0.717) is 6.42 Å². The minimum atomic E-state index is -0.855. The topological polar surface area (TPSA) is 69.6 Å². The lowest BCUT2D eigenvalue weighted by Gasteiger charge is -2.19. The first-order valence-electron chi connectivity index (χ1n) is 23.1. The molecule has 0 aliphatic heterocycles. The Kier molecular flexibility index (Phi) is 42.3. The Morgan fingerprint density at radius 2 is 0.765 bits per heavy atom. The van der Waals surface area contributed by atoms with Crippen LogP contribution in [-0.4, -0.2) is 34.9 Å². The average Bonchev–Trinajstić information content (AvgIpc) is 3.13. The highest BCUT2D eigenvalue weighted by Crippen LogP contribution is 2.17. The summed E-state index contributed by atoms with van der Waals surface area (Å²) in [7, 11) is 0. The van der Waals surface area contributed by atoms with Gasteiger partial charge in [-0.05, 0) is 25.7 Å². The molecule has 2 atom stereocenters. The molecule has 0 spiro atoms. The highest BCUT2D eigenvalue weighted by Gasteiger charge is 2.17. The van der Waals surface area contributed by atoms with Crippen LogP contribution in [0.2, 0.25) is 0 Å². The third-order valence-electron chi connectivity index (χ3n) is 10.7. The van der Waals surface area contributed by atoms with Crippen molar-refractivity contribution in [3.63, 3.8) is 0 Å². The van der Waals surface area contributed by atoms with Crippen molar-refractivity contribution < 1.29 is 15.0 Å². The van der Waals surface area contributed by atoms with Gasteiger partial charge in [0.2, 0.25) is 5.91 Å². The van der Waals surface area contributed by atoms with Crippen LogP contribution in [0.15, 0.2) is 24.3 Å². The molecular formula is C47H91NO3. The van der Waals surface area contributed by atoms with E-state index in [1.54, 1.807) is 6.08 Å². The van der Waals surface area contributed by atoms with E-state index in [1.165, 1.54) is 193 Å². The zero-order valence-corrected chi connectivity index (χ0v) is 34.6. The first-order chi connectivity index (χ1) is 25.2. The van der Waals surface area contributed by atoms with Crippen LogP contribution in [0.1, 0.15) is 251 Å². The minimum Gasteiger partial charge on any atom is -0.394 e. The van der Waals surface area contributed by atoms with E-state index in [0.717, 1.165) is 38.5 Å². The van der Waals surface area contributed by atoms with E-state index in [4.69, 9.17) is 0 Å². The molecule has 1 amide bonds. The first kappa shape index (κ1) is 49.9. The number of aliphatic hydroxyl groups excluding tert-OH is 2. The Hall–Kier alpha value is -1.13. The second kappa shape index (κ2) is 43.3. The molecule has 0 saturated heterocycles. The molecule has 51 heavy (non-hydrogen) atoms. The maximum Gasteiger partial charge on any atom is 0.220 e. The molecule has 0 saturated carbocycles. The van der Waals surface area contributed by atoms with E-state index in [-0.39, 0.29) is 12.5 Å². The van der Waals surface area contributed by atoms with Crippen LogP contribution < -0.4 is 5.32 Å². The molecule has 0 aromatic carbocycles. The quantitative estimate of drug-likeness (QED) is 0.0435. The molecule has 4 nitrogen and oxygen atoms in total. The SMILES string of the molecule is CCC/C=C/CC/C=C/C(O)C(CO)NC(=O)CCCCCCCCCCCCCCCCCCCCCCCCCCCCCCCCCC. The number of nitrogens with one attached hydrogen (secondary N) is 1. The summed E-state index contributed by atoms with van der Waals surface area (Å²) in [5, 5.41) is 22.7. The Labute approximate surface area is 319 Å². The molecule has 0 bridgehead atoms. The predicted octanol–water partition coefficient (Wildman–Crippen LogP) is 14.4. The normalized spacial score (nSPS) is 13.1. The Morgan fingerprint density at radius 3 is 1.10 bits per heavy atom. The van der Waals surface area contributed by atoms with E-state index in [2.05, 4.69) is 31.3 Å². The van der Waals surface area contributed by atoms with Gasteiger partial charge in [0, 0.05) is 6.42 Å². The molecule has 0 aromatic heterocycles. The number of carbonyl (C=O) groups is 1. The first-order valence-corrected chi connectivity index (χ1v) is 23.1. The van der Waals surface area contributed by atoms with Crippen molar-refractivity contribution in [1.29, 1.82) is 0 Å². The Bertz CT molecular complexity index is 735. The number of rotatable bonds is 42. The average molecular weight is 718 g/mol. The van der Waals surface area contributed by atoms with Gasteiger partial charge >= 0.3 is 0 Å². The molecule has 0 radical (unpaired) electrons. The highest BCUT2D eigenvalue weighted by molar-refractivity contribution is 5.76. The van der Waals surface area contributed by atoms with Crippen LogP contribution in [0.25, 0.3) is 0 Å². The summed E-state index contributed by atoms with van der Waals surface area (Å²) in [5.74, 6) is -0.0745. The Balaban J connectivity index is 3.33. The summed E-state index contributed by atoms with van der Waals surface area (Å²) < 4.78 is 0. The van der Waals surface area contributed by atoms with E-state index in [1.807, 2.05) is 6.08 Å². The van der Waals surface area contributed by atoms with E-state index in [9.17, 15) is 15.0 Å². The van der Waals surface area contributed by atoms with Gasteiger partial charge in [0.15, 0.2) is 0 Å². The van der Waals surface area contributed by atoms with Crippen molar-refractivity contribution in [3.05, 3.63) is 24.3 Å². The lowest BCUT2D eigenvalue weighted by atomic mass is 10.0. The fourth-order valence-electron chi connectivity index (χ4n) is 7.14. The molecular weight excluding hydrogens is 627 g/mol. The molecule has 3 N–H and O–H groups in total. The Morgan fingerprint density at radius 1 is 0.451 bits per heavy atom. The molecule has 0 rings (SSSR count). The number of unbranched alkanes of at least 4 members (excludes halogenated alkanes) is 33. The number of allylic oxidation sites excluding steroid dienone is 3. The zero-order valence-electron chi connectivity index (χ0n) is 34.6. The van der Waals surface area contributed by atoms with Crippen molar-refractivity contribution in [2.24, 2.45) is 0 Å². The van der Waals surface area contributed by atoms with Gasteiger partial charge in [0.1, 0.15) is 0 Å². The molecule has 0 fully saturated rings. The van der Waals surface area contributed by atoms with Crippen LogP contribution >= 0.6 is 0 Å². The van der Waals surface area contributed by atoms with E-state index >= 15 is 0 Å². The maximum absolute atomic E-state index is 12.3.